The Kier molecular flexibility index (Phi) is 3.66. The number of amides is 1. The molecule has 0 aromatic heterocycles. The largest absolute Gasteiger partial charge is 0.507 e. The maximum atomic E-state index is 13.2. The number of carbonyl (C=O) groups excluding carboxylic acids is 1. The molecule has 0 unspecified atom stereocenters. The molecule has 2 aliphatic rings. The second kappa shape index (κ2) is 5.41. The zero-order chi connectivity index (χ0) is 16.7. The predicted molar refractivity (Wildman–Crippen MR) is 73.2 cm³/mol. The van der Waals surface area contributed by atoms with Gasteiger partial charge in [0.1, 0.15) is 0 Å². The number of thioether (sulfide) groups is 1. The van der Waals surface area contributed by atoms with Gasteiger partial charge in [-0.3, -0.25) is 4.79 Å². The van der Waals surface area contributed by atoms with Crippen LogP contribution in [0.1, 0.15) is 5.56 Å². The fourth-order valence-electron chi connectivity index (χ4n) is 1.73. The Morgan fingerprint density at radius 2 is 1.96 bits per heavy atom. The number of rotatable bonds is 2. The lowest BCUT2D eigenvalue weighted by Gasteiger charge is -2.32. The molecule has 122 valence electrons. The molecule has 1 aromatic carbocycles. The monoisotopic (exact) mass is 349 g/mol. The Morgan fingerprint density at radius 3 is 2.65 bits per heavy atom. The first-order chi connectivity index (χ1) is 10.8. The highest BCUT2D eigenvalue weighted by atomic mass is 32.2. The van der Waals surface area contributed by atoms with Crippen LogP contribution < -0.4 is 14.8 Å². The first kappa shape index (κ1) is 15.6. The minimum absolute atomic E-state index is 0.0312. The number of fused-ring (bicyclic) bond motifs is 1. The van der Waals surface area contributed by atoms with E-state index in [0.717, 1.165) is 24.0 Å². The fraction of sp³-hybridized carbons (Fsp3) is 0.250. The van der Waals surface area contributed by atoms with Crippen molar-refractivity contribution in [3.8, 4) is 11.5 Å². The van der Waals surface area contributed by atoms with E-state index in [-0.39, 0.29) is 22.4 Å². The molecule has 0 atom stereocenters. The molecule has 23 heavy (non-hydrogen) atoms. The van der Waals surface area contributed by atoms with Crippen molar-refractivity contribution >= 4 is 29.1 Å². The number of hydrogen-bond acceptors (Lipinski definition) is 6. The van der Waals surface area contributed by atoms with Crippen molar-refractivity contribution in [2.24, 2.45) is 10.2 Å². The zero-order valence-electron chi connectivity index (χ0n) is 11.1. The molecule has 3 rings (SSSR count). The van der Waals surface area contributed by atoms with Crippen molar-refractivity contribution < 1.29 is 31.8 Å². The first-order valence-electron chi connectivity index (χ1n) is 6.09. The number of ether oxygens (including phenoxy) is 2. The van der Waals surface area contributed by atoms with Gasteiger partial charge in [0.25, 0.3) is 0 Å². The molecular formula is C12H7F4N3O3S. The number of alkyl halides is 4. The molecule has 11 heteroatoms. The molecule has 1 saturated heterocycles. The van der Waals surface area contributed by atoms with E-state index in [1.165, 1.54) is 12.1 Å². The second-order valence-electron chi connectivity index (χ2n) is 4.40. The van der Waals surface area contributed by atoms with E-state index in [0.29, 0.717) is 0 Å². The number of nitrogens with one attached hydrogen (secondary N) is 1. The van der Waals surface area contributed by atoms with Crippen LogP contribution in [0.3, 0.4) is 0 Å². The number of hydrogen-bond donors (Lipinski definition) is 1. The number of amidine groups is 1. The summed E-state index contributed by atoms with van der Waals surface area (Å²) >= 11 is 1.11. The lowest BCUT2D eigenvalue weighted by Crippen LogP contribution is -2.52. The van der Waals surface area contributed by atoms with Crippen LogP contribution in [-0.4, -0.2) is 35.3 Å². The molecule has 1 aromatic rings. The quantitative estimate of drug-likeness (QED) is 0.505. The number of carbonyl (C=O) groups is 1. The molecule has 1 N–H and O–H groups in total. The Labute approximate surface area is 130 Å². The molecule has 2 heterocycles. The molecule has 1 amide bonds. The van der Waals surface area contributed by atoms with Gasteiger partial charge in [-0.05, 0) is 12.1 Å². The number of halogens is 4. The molecule has 0 bridgehead atoms. The average Bonchev–Trinajstić information content (AvgIpc) is 2.86. The van der Waals surface area contributed by atoms with Gasteiger partial charge in [0.15, 0.2) is 16.7 Å². The van der Waals surface area contributed by atoms with Gasteiger partial charge in [-0.25, -0.2) is 0 Å². The fourth-order valence-corrected chi connectivity index (χ4v) is 2.36. The minimum Gasteiger partial charge on any atom is -0.421 e. The van der Waals surface area contributed by atoms with E-state index in [1.54, 1.807) is 0 Å². The van der Waals surface area contributed by atoms with Crippen molar-refractivity contribution in [2.75, 3.05) is 5.75 Å². The standard InChI is InChI=1S/C12H7F4N3O3S/c13-11(14)12(15,16)22-9-6(2-1-3-7(9)21-11)4-17-19-10-18-8(20)5-23-10/h1-4H,5H2,(H,18,19,20). The highest BCUT2D eigenvalue weighted by Crippen LogP contribution is 2.47. The molecule has 0 saturated carbocycles. The van der Waals surface area contributed by atoms with Crippen LogP contribution in [0.2, 0.25) is 0 Å². The number of para-hydroxylation sites is 1. The predicted octanol–water partition coefficient (Wildman–Crippen LogP) is 2.20. The van der Waals surface area contributed by atoms with Crippen LogP contribution in [0, 0.1) is 0 Å². The van der Waals surface area contributed by atoms with E-state index in [9.17, 15) is 22.4 Å². The van der Waals surface area contributed by atoms with Gasteiger partial charge < -0.3 is 14.8 Å². The smallest absolute Gasteiger partial charge is 0.421 e. The Hall–Kier alpha value is -2.30. The Bertz CT molecular complexity index is 724. The minimum atomic E-state index is -4.81. The lowest BCUT2D eigenvalue weighted by atomic mass is 10.2. The summed E-state index contributed by atoms with van der Waals surface area (Å²) in [5, 5.41) is 9.93. The van der Waals surface area contributed by atoms with Crippen molar-refractivity contribution in [3.05, 3.63) is 23.8 Å². The van der Waals surface area contributed by atoms with E-state index in [1.807, 2.05) is 0 Å². The highest BCUT2D eigenvalue weighted by Gasteiger charge is 2.66. The summed E-state index contributed by atoms with van der Waals surface area (Å²) in [6.45, 7) is 0. The Balaban J connectivity index is 1.87. The molecule has 6 nitrogen and oxygen atoms in total. The third-order valence-electron chi connectivity index (χ3n) is 2.75. The van der Waals surface area contributed by atoms with Crippen LogP contribution in [0.5, 0.6) is 11.5 Å². The van der Waals surface area contributed by atoms with Crippen LogP contribution in [0.25, 0.3) is 0 Å². The van der Waals surface area contributed by atoms with Crippen molar-refractivity contribution in [1.82, 2.24) is 5.32 Å². The topological polar surface area (TPSA) is 72.3 Å². The van der Waals surface area contributed by atoms with Crippen molar-refractivity contribution in [1.29, 1.82) is 0 Å². The summed E-state index contributed by atoms with van der Waals surface area (Å²) in [7, 11) is 0. The molecule has 0 radical (unpaired) electrons. The Morgan fingerprint density at radius 1 is 1.22 bits per heavy atom. The van der Waals surface area contributed by atoms with Crippen molar-refractivity contribution in [3.63, 3.8) is 0 Å². The van der Waals surface area contributed by atoms with Gasteiger partial charge in [0, 0.05) is 5.56 Å². The summed E-state index contributed by atoms with van der Waals surface area (Å²) in [6.07, 6.45) is -8.56. The number of benzene rings is 1. The van der Waals surface area contributed by atoms with E-state index >= 15 is 0 Å². The normalized spacial score (nSPS) is 23.3. The molecule has 0 spiro atoms. The molecule has 1 fully saturated rings. The van der Waals surface area contributed by atoms with Crippen LogP contribution >= 0.6 is 11.8 Å². The van der Waals surface area contributed by atoms with Gasteiger partial charge in [-0.2, -0.15) is 22.7 Å². The number of nitrogens with zero attached hydrogens (tertiary/aromatic N) is 2. The first-order valence-corrected chi connectivity index (χ1v) is 7.07. The van der Waals surface area contributed by atoms with Crippen LogP contribution in [0.15, 0.2) is 28.4 Å². The third kappa shape index (κ3) is 2.96. The van der Waals surface area contributed by atoms with Crippen LogP contribution in [0.4, 0.5) is 17.6 Å². The lowest BCUT2D eigenvalue weighted by molar-refractivity contribution is -0.391. The summed E-state index contributed by atoms with van der Waals surface area (Å²) in [4.78, 5) is 11.0. The second-order valence-corrected chi connectivity index (χ2v) is 5.36. The summed E-state index contributed by atoms with van der Waals surface area (Å²) in [6, 6.07) is 3.68. The summed E-state index contributed by atoms with van der Waals surface area (Å²) < 4.78 is 60.7. The highest BCUT2D eigenvalue weighted by molar-refractivity contribution is 8.15. The summed E-state index contributed by atoms with van der Waals surface area (Å²) in [5.41, 5.74) is -0.0312. The van der Waals surface area contributed by atoms with Gasteiger partial charge >= 0.3 is 12.2 Å². The van der Waals surface area contributed by atoms with Gasteiger partial charge in [-0.1, -0.05) is 17.8 Å². The molecule has 2 aliphatic heterocycles. The maximum absolute atomic E-state index is 13.2. The van der Waals surface area contributed by atoms with Crippen LogP contribution in [-0.2, 0) is 4.79 Å². The van der Waals surface area contributed by atoms with Gasteiger partial charge in [-0.15, -0.1) is 5.10 Å². The van der Waals surface area contributed by atoms with Gasteiger partial charge in [0.2, 0.25) is 5.91 Å². The van der Waals surface area contributed by atoms with Crippen molar-refractivity contribution in [2.45, 2.75) is 12.2 Å². The van der Waals surface area contributed by atoms with E-state index in [2.05, 4.69) is 25.0 Å². The van der Waals surface area contributed by atoms with Gasteiger partial charge in [0.05, 0.1) is 12.0 Å². The summed E-state index contributed by atoms with van der Waals surface area (Å²) in [5.74, 6) is -1.15. The van der Waals surface area contributed by atoms with E-state index < -0.39 is 23.7 Å². The third-order valence-corrected chi connectivity index (χ3v) is 3.61. The SMILES string of the molecule is O=C1CSC(=NN=Cc2cccc3c2OC(F)(F)C(F)(F)O3)N1. The van der Waals surface area contributed by atoms with E-state index in [4.69, 9.17) is 0 Å². The average molecular weight is 349 g/mol. The zero-order valence-corrected chi connectivity index (χ0v) is 11.9. The molecular weight excluding hydrogens is 342 g/mol. The molecule has 0 aliphatic carbocycles. The maximum Gasteiger partial charge on any atom is 0.507 e.